The maximum absolute atomic E-state index is 12.8. The minimum absolute atomic E-state index is 0.00693. The van der Waals surface area contributed by atoms with Crippen molar-refractivity contribution in [2.24, 2.45) is 12.0 Å². The molecule has 1 aliphatic rings. The van der Waals surface area contributed by atoms with Gasteiger partial charge in [0.25, 0.3) is 0 Å². The number of aromatic nitrogens is 2. The average Bonchev–Trinajstić information content (AvgIpc) is 3.20. The summed E-state index contributed by atoms with van der Waals surface area (Å²) < 4.78 is 28.9. The van der Waals surface area contributed by atoms with Gasteiger partial charge in [-0.3, -0.25) is 14.0 Å². The van der Waals surface area contributed by atoms with Crippen molar-refractivity contribution in [2.45, 2.75) is 26.8 Å². The maximum atomic E-state index is 12.8. The summed E-state index contributed by atoms with van der Waals surface area (Å²) in [6.07, 6.45) is 0.760. The molecule has 28 heavy (non-hydrogen) atoms. The molecule has 1 aliphatic heterocycles. The Hall–Kier alpha value is -2.55. The molecule has 8 nitrogen and oxygen atoms in total. The number of guanidine groups is 1. The van der Waals surface area contributed by atoms with Crippen molar-refractivity contribution in [3.8, 4) is 0 Å². The zero-order chi connectivity index (χ0) is 20.3. The van der Waals surface area contributed by atoms with E-state index in [1.54, 1.807) is 7.05 Å². The number of rotatable bonds is 6. The van der Waals surface area contributed by atoms with E-state index in [0.29, 0.717) is 19.0 Å². The standard InChI is InChI=1S/C19H28N6O2S/c1-14-17(15(2)24(4)23-14)13-22-19(20-3)21-10-12-28(26,27)25-11-9-16-7-5-6-8-18(16)25/h5-8H,9-13H2,1-4H3,(H2,20,21,22). The summed E-state index contributed by atoms with van der Waals surface area (Å²) in [6.45, 7) is 5.37. The van der Waals surface area contributed by atoms with Crippen molar-refractivity contribution in [1.29, 1.82) is 0 Å². The number of nitrogens with zero attached hydrogens (tertiary/aromatic N) is 4. The number of aliphatic imine (C=N–C) groups is 1. The molecule has 2 heterocycles. The number of anilines is 1. The summed E-state index contributed by atoms with van der Waals surface area (Å²) in [5.41, 5.74) is 5.06. The van der Waals surface area contributed by atoms with Crippen LogP contribution in [0.4, 0.5) is 5.69 Å². The highest BCUT2D eigenvalue weighted by Crippen LogP contribution is 2.29. The minimum atomic E-state index is -3.38. The summed E-state index contributed by atoms with van der Waals surface area (Å²) in [7, 11) is 0.207. The fourth-order valence-corrected chi connectivity index (χ4v) is 4.90. The number of hydrogen-bond donors (Lipinski definition) is 2. The molecule has 0 spiro atoms. The van der Waals surface area contributed by atoms with Gasteiger partial charge in [0.1, 0.15) is 0 Å². The molecule has 2 N–H and O–H groups in total. The van der Waals surface area contributed by atoms with Crippen molar-refractivity contribution in [3.05, 3.63) is 46.8 Å². The maximum Gasteiger partial charge on any atom is 0.236 e. The van der Waals surface area contributed by atoms with Crippen LogP contribution in [0.2, 0.25) is 0 Å². The first-order chi connectivity index (χ1) is 13.3. The van der Waals surface area contributed by atoms with Gasteiger partial charge in [0, 0.05) is 45.0 Å². The molecule has 9 heteroatoms. The molecule has 0 unspecified atom stereocenters. The molecule has 0 bridgehead atoms. The third kappa shape index (κ3) is 4.14. The molecular formula is C19H28N6O2S. The summed E-state index contributed by atoms with van der Waals surface area (Å²) in [5.74, 6) is 0.576. The Morgan fingerprint density at radius 1 is 1.25 bits per heavy atom. The minimum Gasteiger partial charge on any atom is -0.355 e. The second-order valence-electron chi connectivity index (χ2n) is 6.89. The van der Waals surface area contributed by atoms with Crippen molar-refractivity contribution < 1.29 is 8.42 Å². The van der Waals surface area contributed by atoms with Gasteiger partial charge in [-0.25, -0.2) is 8.42 Å². The van der Waals surface area contributed by atoms with Gasteiger partial charge in [0.2, 0.25) is 10.0 Å². The van der Waals surface area contributed by atoms with Crippen LogP contribution in [-0.4, -0.2) is 50.0 Å². The van der Waals surface area contributed by atoms with E-state index >= 15 is 0 Å². The fourth-order valence-electron chi connectivity index (χ4n) is 3.47. The first kappa shape index (κ1) is 20.2. The molecule has 0 aliphatic carbocycles. The lowest BCUT2D eigenvalue weighted by molar-refractivity contribution is 0.591. The van der Waals surface area contributed by atoms with Gasteiger partial charge in [-0.2, -0.15) is 5.10 Å². The zero-order valence-corrected chi connectivity index (χ0v) is 17.7. The summed E-state index contributed by atoms with van der Waals surface area (Å²) in [5, 5.41) is 10.7. The fraction of sp³-hybridized carbons (Fsp3) is 0.474. The van der Waals surface area contributed by atoms with E-state index in [9.17, 15) is 8.42 Å². The van der Waals surface area contributed by atoms with E-state index in [2.05, 4.69) is 20.7 Å². The van der Waals surface area contributed by atoms with E-state index in [4.69, 9.17) is 0 Å². The molecule has 0 saturated carbocycles. The highest BCUT2D eigenvalue weighted by atomic mass is 32.2. The van der Waals surface area contributed by atoms with Crippen LogP contribution >= 0.6 is 0 Å². The van der Waals surface area contributed by atoms with Crippen LogP contribution in [0.3, 0.4) is 0 Å². The van der Waals surface area contributed by atoms with Crippen LogP contribution in [0.5, 0.6) is 0 Å². The van der Waals surface area contributed by atoms with Crippen LogP contribution in [0, 0.1) is 13.8 Å². The van der Waals surface area contributed by atoms with E-state index < -0.39 is 10.0 Å². The Bertz CT molecular complexity index is 980. The molecule has 152 valence electrons. The molecule has 0 saturated heterocycles. The Morgan fingerprint density at radius 2 is 2.00 bits per heavy atom. The normalized spacial score (nSPS) is 14.3. The van der Waals surface area contributed by atoms with Crippen LogP contribution in [0.1, 0.15) is 22.5 Å². The van der Waals surface area contributed by atoms with Gasteiger partial charge in [0.15, 0.2) is 5.96 Å². The highest BCUT2D eigenvalue weighted by Gasteiger charge is 2.28. The summed E-state index contributed by atoms with van der Waals surface area (Å²) in [4.78, 5) is 4.18. The lowest BCUT2D eigenvalue weighted by atomic mass is 10.2. The van der Waals surface area contributed by atoms with Crippen molar-refractivity contribution in [1.82, 2.24) is 20.4 Å². The first-order valence-electron chi connectivity index (χ1n) is 9.35. The Labute approximate surface area is 166 Å². The zero-order valence-electron chi connectivity index (χ0n) is 16.9. The number of nitrogens with one attached hydrogen (secondary N) is 2. The number of aryl methyl sites for hydroxylation is 2. The molecule has 0 radical (unpaired) electrons. The molecule has 0 atom stereocenters. The lowest BCUT2D eigenvalue weighted by Gasteiger charge is -2.20. The van der Waals surface area contributed by atoms with E-state index in [-0.39, 0.29) is 12.3 Å². The summed E-state index contributed by atoms with van der Waals surface area (Å²) in [6, 6.07) is 7.67. The molecule has 1 aromatic heterocycles. The molecule has 0 amide bonds. The molecule has 2 aromatic rings. The molecule has 3 rings (SSSR count). The van der Waals surface area contributed by atoms with Crippen LogP contribution in [-0.2, 0) is 30.0 Å². The van der Waals surface area contributed by atoms with Crippen LogP contribution < -0.4 is 14.9 Å². The predicted octanol–water partition coefficient (Wildman–Crippen LogP) is 1.09. The van der Waals surface area contributed by atoms with E-state index in [0.717, 1.165) is 34.6 Å². The Balaban J connectivity index is 1.54. The van der Waals surface area contributed by atoms with Crippen molar-refractivity contribution >= 4 is 21.7 Å². The molecule has 0 fully saturated rings. The third-order valence-electron chi connectivity index (χ3n) is 5.15. The monoisotopic (exact) mass is 404 g/mol. The predicted molar refractivity (Wildman–Crippen MR) is 112 cm³/mol. The number of sulfonamides is 1. The second kappa shape index (κ2) is 8.22. The smallest absolute Gasteiger partial charge is 0.236 e. The number of fused-ring (bicyclic) bond motifs is 1. The van der Waals surface area contributed by atoms with Crippen molar-refractivity contribution in [2.75, 3.05) is 30.2 Å². The van der Waals surface area contributed by atoms with Gasteiger partial charge >= 0.3 is 0 Å². The van der Waals surface area contributed by atoms with Crippen LogP contribution in [0.25, 0.3) is 0 Å². The Kier molecular flexibility index (Phi) is 5.93. The quantitative estimate of drug-likeness (QED) is 0.556. The van der Waals surface area contributed by atoms with Gasteiger partial charge in [-0.1, -0.05) is 18.2 Å². The highest BCUT2D eigenvalue weighted by molar-refractivity contribution is 7.92. The third-order valence-corrected chi connectivity index (χ3v) is 6.92. The summed E-state index contributed by atoms with van der Waals surface area (Å²) >= 11 is 0. The second-order valence-corrected chi connectivity index (χ2v) is 8.91. The van der Waals surface area contributed by atoms with Gasteiger partial charge < -0.3 is 10.6 Å². The number of benzene rings is 1. The van der Waals surface area contributed by atoms with E-state index in [1.165, 1.54) is 4.31 Å². The molecule has 1 aromatic carbocycles. The first-order valence-corrected chi connectivity index (χ1v) is 11.0. The topological polar surface area (TPSA) is 91.6 Å². The molecular weight excluding hydrogens is 376 g/mol. The number of hydrogen-bond acceptors (Lipinski definition) is 4. The number of para-hydroxylation sites is 1. The SMILES string of the molecule is CN=C(NCCS(=O)(=O)N1CCc2ccccc21)NCc1c(C)nn(C)c1C. The van der Waals surface area contributed by atoms with Gasteiger partial charge in [-0.05, 0) is 31.9 Å². The van der Waals surface area contributed by atoms with E-state index in [1.807, 2.05) is 49.8 Å². The largest absolute Gasteiger partial charge is 0.355 e. The van der Waals surface area contributed by atoms with Crippen molar-refractivity contribution in [3.63, 3.8) is 0 Å². The average molecular weight is 405 g/mol. The van der Waals surface area contributed by atoms with Gasteiger partial charge in [-0.15, -0.1) is 0 Å². The van der Waals surface area contributed by atoms with Crippen LogP contribution in [0.15, 0.2) is 29.3 Å². The lowest BCUT2D eigenvalue weighted by Crippen LogP contribution is -2.41. The Morgan fingerprint density at radius 3 is 2.68 bits per heavy atom. The van der Waals surface area contributed by atoms with Gasteiger partial charge in [0.05, 0.1) is 17.1 Å².